The van der Waals surface area contributed by atoms with E-state index >= 15 is 0 Å². The van der Waals surface area contributed by atoms with Gasteiger partial charge in [0, 0.05) is 5.69 Å². The number of nitrogens with one attached hydrogen (secondary N) is 1. The molecule has 14 heavy (non-hydrogen) atoms. The Morgan fingerprint density at radius 1 is 1.07 bits per heavy atom. The van der Waals surface area contributed by atoms with E-state index in [0.717, 1.165) is 5.69 Å². The van der Waals surface area contributed by atoms with Crippen molar-refractivity contribution >= 4 is 16.5 Å². The standard InChI is InChI=1S/C12H14N2/c1-8-5-9(2)12-4-3-11(14-13)7-10(12)6-8/h3-7,14H,13H2,1-2H3. The van der Waals surface area contributed by atoms with Gasteiger partial charge in [0.05, 0.1) is 0 Å². The number of hydrogen-bond donors (Lipinski definition) is 2. The summed E-state index contributed by atoms with van der Waals surface area (Å²) in [5.41, 5.74) is 6.20. The van der Waals surface area contributed by atoms with Gasteiger partial charge in [-0.3, -0.25) is 5.84 Å². The van der Waals surface area contributed by atoms with Gasteiger partial charge < -0.3 is 5.43 Å². The number of hydrogen-bond acceptors (Lipinski definition) is 2. The van der Waals surface area contributed by atoms with Crippen LogP contribution in [0.15, 0.2) is 30.3 Å². The highest BCUT2D eigenvalue weighted by Gasteiger charge is 1.99. The Labute approximate surface area is 83.7 Å². The Morgan fingerprint density at radius 3 is 2.57 bits per heavy atom. The molecule has 0 aliphatic rings. The number of nitrogen functional groups attached to an aromatic ring is 1. The first-order valence-electron chi connectivity index (χ1n) is 4.68. The SMILES string of the molecule is Cc1cc(C)c2ccc(NN)cc2c1. The summed E-state index contributed by atoms with van der Waals surface area (Å²) in [6.45, 7) is 4.24. The fourth-order valence-electron chi connectivity index (χ4n) is 1.84. The molecule has 72 valence electrons. The average Bonchev–Trinajstić information content (AvgIpc) is 2.16. The van der Waals surface area contributed by atoms with Crippen LogP contribution in [-0.2, 0) is 0 Å². The second kappa shape index (κ2) is 3.31. The molecule has 0 aliphatic carbocycles. The van der Waals surface area contributed by atoms with Gasteiger partial charge in [0.25, 0.3) is 0 Å². The Bertz CT molecular complexity index is 475. The monoisotopic (exact) mass is 186 g/mol. The van der Waals surface area contributed by atoms with Gasteiger partial charge in [0.2, 0.25) is 0 Å². The third-order valence-corrected chi connectivity index (χ3v) is 2.47. The van der Waals surface area contributed by atoms with Gasteiger partial charge in [-0.1, -0.05) is 23.8 Å². The van der Waals surface area contributed by atoms with E-state index in [-0.39, 0.29) is 0 Å². The van der Waals surface area contributed by atoms with Crippen molar-refractivity contribution in [2.45, 2.75) is 13.8 Å². The third-order valence-electron chi connectivity index (χ3n) is 2.47. The molecule has 0 amide bonds. The van der Waals surface area contributed by atoms with Gasteiger partial charge in [-0.2, -0.15) is 0 Å². The first-order valence-corrected chi connectivity index (χ1v) is 4.68. The van der Waals surface area contributed by atoms with Crippen LogP contribution in [0.2, 0.25) is 0 Å². The minimum atomic E-state index is 0.947. The second-order valence-electron chi connectivity index (χ2n) is 3.66. The molecule has 2 nitrogen and oxygen atoms in total. The van der Waals surface area contributed by atoms with Gasteiger partial charge in [0.15, 0.2) is 0 Å². The summed E-state index contributed by atoms with van der Waals surface area (Å²) < 4.78 is 0. The Hall–Kier alpha value is -1.54. The maximum Gasteiger partial charge on any atom is 0.0491 e. The molecular weight excluding hydrogens is 172 g/mol. The number of fused-ring (bicyclic) bond motifs is 1. The molecule has 0 unspecified atom stereocenters. The lowest BCUT2D eigenvalue weighted by atomic mass is 10.0. The molecule has 0 fully saturated rings. The molecule has 0 bridgehead atoms. The van der Waals surface area contributed by atoms with Crippen molar-refractivity contribution < 1.29 is 0 Å². The molecule has 3 N–H and O–H groups in total. The van der Waals surface area contributed by atoms with Crippen LogP contribution in [0.1, 0.15) is 11.1 Å². The molecular formula is C12H14N2. The summed E-state index contributed by atoms with van der Waals surface area (Å²) in [6, 6.07) is 10.5. The van der Waals surface area contributed by atoms with E-state index in [2.05, 4.69) is 43.5 Å². The minimum Gasteiger partial charge on any atom is -0.324 e. The minimum absolute atomic E-state index is 0.947. The third kappa shape index (κ3) is 1.44. The smallest absolute Gasteiger partial charge is 0.0491 e. The highest BCUT2D eigenvalue weighted by atomic mass is 15.2. The Morgan fingerprint density at radius 2 is 1.86 bits per heavy atom. The van der Waals surface area contributed by atoms with Crippen molar-refractivity contribution in [2.75, 3.05) is 5.43 Å². The summed E-state index contributed by atoms with van der Waals surface area (Å²) in [5, 5.41) is 2.52. The first-order chi connectivity index (χ1) is 6.70. The van der Waals surface area contributed by atoms with Crippen LogP contribution < -0.4 is 11.3 Å². The zero-order valence-corrected chi connectivity index (χ0v) is 8.46. The maximum atomic E-state index is 5.37. The molecule has 0 aliphatic heterocycles. The van der Waals surface area contributed by atoms with Crippen molar-refractivity contribution in [1.82, 2.24) is 0 Å². The van der Waals surface area contributed by atoms with E-state index in [1.807, 2.05) is 6.07 Å². The number of anilines is 1. The molecule has 2 aromatic rings. The quantitative estimate of drug-likeness (QED) is 0.531. The molecule has 2 rings (SSSR count). The predicted octanol–water partition coefficient (Wildman–Crippen LogP) is 2.74. The summed E-state index contributed by atoms with van der Waals surface area (Å²) in [7, 11) is 0. The molecule has 2 heteroatoms. The van der Waals surface area contributed by atoms with Gasteiger partial charge >= 0.3 is 0 Å². The Kier molecular flexibility index (Phi) is 2.14. The number of hydrazine groups is 1. The lowest BCUT2D eigenvalue weighted by molar-refractivity contribution is 1.35. The zero-order valence-electron chi connectivity index (χ0n) is 8.46. The molecule has 0 heterocycles. The largest absolute Gasteiger partial charge is 0.324 e. The van der Waals surface area contributed by atoms with E-state index in [4.69, 9.17) is 5.84 Å². The van der Waals surface area contributed by atoms with E-state index in [1.165, 1.54) is 21.9 Å². The van der Waals surface area contributed by atoms with Crippen molar-refractivity contribution in [1.29, 1.82) is 0 Å². The van der Waals surface area contributed by atoms with Gasteiger partial charge in [0.1, 0.15) is 0 Å². The van der Waals surface area contributed by atoms with Crippen LogP contribution in [0.25, 0.3) is 10.8 Å². The van der Waals surface area contributed by atoms with Crippen LogP contribution in [0, 0.1) is 13.8 Å². The molecule has 0 saturated heterocycles. The van der Waals surface area contributed by atoms with E-state index in [1.54, 1.807) is 0 Å². The highest BCUT2D eigenvalue weighted by molar-refractivity contribution is 5.88. The van der Waals surface area contributed by atoms with Gasteiger partial charge in [-0.05, 0) is 42.3 Å². The Balaban J connectivity index is 2.75. The molecule has 2 aromatic carbocycles. The van der Waals surface area contributed by atoms with Crippen molar-refractivity contribution in [2.24, 2.45) is 5.84 Å². The summed E-state index contributed by atoms with van der Waals surface area (Å²) in [6.07, 6.45) is 0. The average molecular weight is 186 g/mol. The normalized spacial score (nSPS) is 10.5. The van der Waals surface area contributed by atoms with Crippen LogP contribution in [0.4, 0.5) is 5.69 Å². The molecule has 0 radical (unpaired) electrons. The maximum absolute atomic E-state index is 5.37. The van der Waals surface area contributed by atoms with Gasteiger partial charge in [-0.15, -0.1) is 0 Å². The number of aryl methyl sites for hydroxylation is 2. The molecule has 0 saturated carbocycles. The van der Waals surface area contributed by atoms with Crippen LogP contribution in [0.5, 0.6) is 0 Å². The van der Waals surface area contributed by atoms with E-state index in [9.17, 15) is 0 Å². The lowest BCUT2D eigenvalue weighted by Crippen LogP contribution is -2.06. The van der Waals surface area contributed by atoms with Crippen molar-refractivity contribution in [3.05, 3.63) is 41.5 Å². The predicted molar refractivity (Wildman–Crippen MR) is 61.2 cm³/mol. The van der Waals surface area contributed by atoms with E-state index < -0.39 is 0 Å². The highest BCUT2D eigenvalue weighted by Crippen LogP contribution is 2.23. The lowest BCUT2D eigenvalue weighted by Gasteiger charge is -2.06. The van der Waals surface area contributed by atoms with Crippen LogP contribution in [-0.4, -0.2) is 0 Å². The number of rotatable bonds is 1. The molecule has 0 atom stereocenters. The number of nitrogens with two attached hydrogens (primary N) is 1. The van der Waals surface area contributed by atoms with Crippen molar-refractivity contribution in [3.63, 3.8) is 0 Å². The summed E-state index contributed by atoms with van der Waals surface area (Å²) in [5.74, 6) is 5.37. The topological polar surface area (TPSA) is 38.0 Å². The number of benzene rings is 2. The zero-order chi connectivity index (χ0) is 10.1. The summed E-state index contributed by atoms with van der Waals surface area (Å²) in [4.78, 5) is 0. The van der Waals surface area contributed by atoms with Crippen LogP contribution in [0.3, 0.4) is 0 Å². The van der Waals surface area contributed by atoms with Gasteiger partial charge in [-0.25, -0.2) is 0 Å². The fraction of sp³-hybridized carbons (Fsp3) is 0.167. The van der Waals surface area contributed by atoms with Crippen LogP contribution >= 0.6 is 0 Å². The second-order valence-corrected chi connectivity index (χ2v) is 3.66. The first kappa shape index (κ1) is 9.03. The molecule has 0 aromatic heterocycles. The fourth-order valence-corrected chi connectivity index (χ4v) is 1.84. The van der Waals surface area contributed by atoms with Crippen molar-refractivity contribution in [3.8, 4) is 0 Å². The van der Waals surface area contributed by atoms with E-state index in [0.29, 0.717) is 0 Å². The summed E-state index contributed by atoms with van der Waals surface area (Å²) >= 11 is 0. The molecule has 0 spiro atoms.